The zero-order chi connectivity index (χ0) is 28.4. The number of ether oxygens (including phenoxy) is 2. The van der Waals surface area contributed by atoms with E-state index < -0.39 is 0 Å². The number of nitrogens with zero attached hydrogens (tertiary/aromatic N) is 4. The van der Waals surface area contributed by atoms with E-state index in [1.165, 1.54) is 5.69 Å². The van der Waals surface area contributed by atoms with Gasteiger partial charge in [0.1, 0.15) is 17.3 Å². The molecular formula is C30H34Cl2N6O2. The van der Waals surface area contributed by atoms with Crippen molar-refractivity contribution in [2.75, 3.05) is 69.5 Å². The lowest BCUT2D eigenvalue weighted by Crippen LogP contribution is -2.46. The summed E-state index contributed by atoms with van der Waals surface area (Å²) in [6, 6.07) is 10.0. The predicted octanol–water partition coefficient (Wildman–Crippen LogP) is 6.86. The zero-order valence-electron chi connectivity index (χ0n) is 23.4. The molecule has 1 aliphatic heterocycles. The molecule has 8 nitrogen and oxygen atoms in total. The first-order valence-electron chi connectivity index (χ1n) is 13.3. The molecule has 1 aliphatic rings. The number of rotatable bonds is 8. The van der Waals surface area contributed by atoms with Crippen LogP contribution in [0.2, 0.25) is 10.0 Å². The SMILES string of the molecule is CCN1CCN(c2cc(C)c(Nc3cc4cnc(-c5c(Cl)c(OC)cc(OC)c5Cl)cc4cn3)c(NC)c2)CC1. The Morgan fingerprint density at radius 1 is 0.875 bits per heavy atom. The monoisotopic (exact) mass is 580 g/mol. The van der Waals surface area contributed by atoms with E-state index in [1.54, 1.807) is 26.5 Å². The summed E-state index contributed by atoms with van der Waals surface area (Å²) in [7, 11) is 5.04. The van der Waals surface area contributed by atoms with Crippen LogP contribution in [0.5, 0.6) is 11.5 Å². The van der Waals surface area contributed by atoms with Gasteiger partial charge in [-0.2, -0.15) is 0 Å². The van der Waals surface area contributed by atoms with E-state index >= 15 is 0 Å². The number of likely N-dealkylation sites (N-methyl/N-ethyl adjacent to an activating group) is 1. The van der Waals surface area contributed by atoms with Gasteiger partial charge in [0.15, 0.2) is 0 Å². The van der Waals surface area contributed by atoms with Gasteiger partial charge in [-0.15, -0.1) is 0 Å². The molecule has 40 heavy (non-hydrogen) atoms. The molecule has 10 heteroatoms. The molecule has 0 bridgehead atoms. The van der Waals surface area contributed by atoms with Crippen molar-refractivity contribution in [1.82, 2.24) is 14.9 Å². The van der Waals surface area contributed by atoms with Crippen molar-refractivity contribution in [2.24, 2.45) is 0 Å². The van der Waals surface area contributed by atoms with Crippen LogP contribution in [-0.2, 0) is 0 Å². The number of aromatic nitrogens is 2. The first kappa shape index (κ1) is 28.1. The van der Waals surface area contributed by atoms with Crippen molar-refractivity contribution in [3.05, 3.63) is 58.3 Å². The summed E-state index contributed by atoms with van der Waals surface area (Å²) in [4.78, 5) is 14.3. The number of benzene rings is 2. The number of hydrogen-bond acceptors (Lipinski definition) is 8. The van der Waals surface area contributed by atoms with E-state index in [1.807, 2.05) is 25.4 Å². The molecule has 2 aromatic heterocycles. The lowest BCUT2D eigenvalue weighted by atomic mass is 10.1. The lowest BCUT2D eigenvalue weighted by molar-refractivity contribution is 0.271. The molecule has 4 aromatic rings. The maximum absolute atomic E-state index is 6.62. The Labute approximate surface area is 245 Å². The summed E-state index contributed by atoms with van der Waals surface area (Å²) in [6.07, 6.45) is 3.61. The largest absolute Gasteiger partial charge is 0.495 e. The lowest BCUT2D eigenvalue weighted by Gasteiger charge is -2.36. The van der Waals surface area contributed by atoms with Crippen molar-refractivity contribution in [1.29, 1.82) is 0 Å². The minimum absolute atomic E-state index is 0.372. The quantitative estimate of drug-likeness (QED) is 0.234. The molecule has 3 heterocycles. The standard InChI is InChI=1S/C30H34Cl2N6O2/c1-6-37-7-9-38(10-8-37)21-11-18(2)30(23(14-21)33-3)36-26-13-20-16-34-22(12-19(20)17-35-26)27-28(31)24(39-4)15-25(40-5)29(27)32/h11-17,33H,6-10H2,1-5H3,(H,35,36). The number of pyridine rings is 2. The Hall–Kier alpha value is -3.46. The summed E-state index contributed by atoms with van der Waals surface area (Å²) < 4.78 is 10.8. The van der Waals surface area contributed by atoms with Crippen LogP contribution in [0.4, 0.5) is 22.9 Å². The normalized spacial score (nSPS) is 13.9. The number of anilines is 4. The van der Waals surface area contributed by atoms with E-state index in [-0.39, 0.29) is 0 Å². The average Bonchev–Trinajstić information content (AvgIpc) is 2.98. The van der Waals surface area contributed by atoms with Crippen molar-refractivity contribution in [2.45, 2.75) is 13.8 Å². The molecule has 0 saturated carbocycles. The number of hydrogen-bond donors (Lipinski definition) is 2. The Kier molecular flexibility index (Phi) is 8.40. The van der Waals surface area contributed by atoms with Crippen LogP contribution in [0.1, 0.15) is 12.5 Å². The molecule has 1 saturated heterocycles. The molecule has 0 radical (unpaired) electrons. The summed E-state index contributed by atoms with van der Waals surface area (Å²) in [5.41, 5.74) is 5.56. The summed E-state index contributed by atoms with van der Waals surface area (Å²) in [5, 5.41) is 9.46. The van der Waals surface area contributed by atoms with E-state index in [9.17, 15) is 0 Å². The fourth-order valence-electron chi connectivity index (χ4n) is 5.12. The molecule has 2 aromatic carbocycles. The molecule has 0 amide bonds. The van der Waals surface area contributed by atoms with Crippen molar-refractivity contribution >= 4 is 56.9 Å². The molecule has 0 spiro atoms. The second-order valence-corrected chi connectivity index (χ2v) is 10.5. The topological polar surface area (TPSA) is 74.8 Å². The number of piperazine rings is 1. The molecule has 0 unspecified atom stereocenters. The highest BCUT2D eigenvalue weighted by atomic mass is 35.5. The van der Waals surface area contributed by atoms with Gasteiger partial charge in [0.2, 0.25) is 0 Å². The smallest absolute Gasteiger partial charge is 0.141 e. The van der Waals surface area contributed by atoms with Gasteiger partial charge in [0.25, 0.3) is 0 Å². The zero-order valence-corrected chi connectivity index (χ0v) is 25.0. The average molecular weight is 582 g/mol. The minimum atomic E-state index is 0.372. The Bertz CT molecular complexity index is 1510. The van der Waals surface area contributed by atoms with Crippen LogP contribution in [0, 0.1) is 6.92 Å². The van der Waals surface area contributed by atoms with Gasteiger partial charge in [-0.25, -0.2) is 4.98 Å². The van der Waals surface area contributed by atoms with Gasteiger partial charge in [-0.05, 0) is 43.3 Å². The second kappa shape index (κ2) is 12.0. The van der Waals surface area contributed by atoms with Crippen LogP contribution in [-0.4, -0.2) is 68.9 Å². The second-order valence-electron chi connectivity index (χ2n) is 9.75. The molecule has 2 N–H and O–H groups in total. The van der Waals surface area contributed by atoms with Gasteiger partial charge in [-0.1, -0.05) is 30.1 Å². The van der Waals surface area contributed by atoms with Gasteiger partial charge in [0, 0.05) is 73.7 Å². The highest BCUT2D eigenvalue weighted by molar-refractivity contribution is 6.41. The van der Waals surface area contributed by atoms with Gasteiger partial charge in [0.05, 0.1) is 41.3 Å². The van der Waals surface area contributed by atoms with E-state index in [2.05, 4.69) is 51.4 Å². The molecule has 210 valence electrons. The van der Waals surface area contributed by atoms with E-state index in [4.69, 9.17) is 37.7 Å². The minimum Gasteiger partial charge on any atom is -0.495 e. The van der Waals surface area contributed by atoms with Crippen LogP contribution >= 0.6 is 23.2 Å². The molecular weight excluding hydrogens is 547 g/mol. The molecule has 0 aliphatic carbocycles. The summed E-state index contributed by atoms with van der Waals surface area (Å²) in [5.74, 6) is 1.65. The molecule has 0 atom stereocenters. The van der Waals surface area contributed by atoms with Gasteiger partial charge >= 0.3 is 0 Å². The first-order chi connectivity index (χ1) is 19.4. The van der Waals surface area contributed by atoms with Crippen molar-refractivity contribution in [3.8, 4) is 22.8 Å². The number of aryl methyl sites for hydroxylation is 1. The first-order valence-corrected chi connectivity index (χ1v) is 14.0. The molecule has 1 fully saturated rings. The maximum Gasteiger partial charge on any atom is 0.141 e. The highest BCUT2D eigenvalue weighted by Gasteiger charge is 2.21. The highest BCUT2D eigenvalue weighted by Crippen LogP contribution is 2.45. The number of halogens is 2. The van der Waals surface area contributed by atoms with Crippen LogP contribution in [0.15, 0.2) is 42.7 Å². The van der Waals surface area contributed by atoms with Crippen LogP contribution in [0.3, 0.4) is 0 Å². The fraction of sp³-hybridized carbons (Fsp3) is 0.333. The Morgan fingerprint density at radius 3 is 2.15 bits per heavy atom. The Morgan fingerprint density at radius 2 is 1.52 bits per heavy atom. The van der Waals surface area contributed by atoms with Crippen LogP contribution in [0.25, 0.3) is 22.0 Å². The predicted molar refractivity (Wildman–Crippen MR) is 166 cm³/mol. The maximum atomic E-state index is 6.62. The number of fused-ring (bicyclic) bond motifs is 1. The summed E-state index contributed by atoms with van der Waals surface area (Å²) >= 11 is 13.2. The van der Waals surface area contributed by atoms with Gasteiger partial charge < -0.3 is 29.9 Å². The summed E-state index contributed by atoms with van der Waals surface area (Å²) in [6.45, 7) is 9.69. The third-order valence-electron chi connectivity index (χ3n) is 7.46. The number of nitrogens with one attached hydrogen (secondary N) is 2. The molecule has 5 rings (SSSR count). The van der Waals surface area contributed by atoms with Gasteiger partial charge in [-0.3, -0.25) is 4.98 Å². The number of methoxy groups -OCH3 is 2. The van der Waals surface area contributed by atoms with Crippen molar-refractivity contribution in [3.63, 3.8) is 0 Å². The third kappa shape index (κ3) is 5.44. The third-order valence-corrected chi connectivity index (χ3v) is 8.21. The van der Waals surface area contributed by atoms with E-state index in [0.717, 1.165) is 66.3 Å². The van der Waals surface area contributed by atoms with Crippen LogP contribution < -0.4 is 25.0 Å². The Balaban J connectivity index is 1.43. The van der Waals surface area contributed by atoms with E-state index in [0.29, 0.717) is 32.8 Å². The van der Waals surface area contributed by atoms with Crippen molar-refractivity contribution < 1.29 is 9.47 Å². The fourth-order valence-corrected chi connectivity index (χ4v) is 5.81.